The van der Waals surface area contributed by atoms with Crippen molar-refractivity contribution < 1.29 is 9.47 Å². The van der Waals surface area contributed by atoms with E-state index >= 15 is 0 Å². The van der Waals surface area contributed by atoms with Crippen LogP contribution in [0.15, 0.2) is 11.8 Å². The highest BCUT2D eigenvalue weighted by Crippen LogP contribution is 2.42. The van der Waals surface area contributed by atoms with E-state index in [2.05, 4.69) is 11.5 Å². The summed E-state index contributed by atoms with van der Waals surface area (Å²) >= 11 is 0. The summed E-state index contributed by atoms with van der Waals surface area (Å²) in [5, 5.41) is 0. The van der Waals surface area contributed by atoms with Crippen molar-refractivity contribution in [3.05, 3.63) is 11.8 Å². The Hall–Kier alpha value is -0.580. The van der Waals surface area contributed by atoms with Crippen LogP contribution in [0.3, 0.4) is 0 Å². The minimum absolute atomic E-state index is 0.155. The van der Waals surface area contributed by atoms with Crippen molar-refractivity contribution in [2.45, 2.75) is 43.9 Å². The molecule has 0 radical (unpaired) electrons. The molecule has 3 N–H and O–H groups in total. The molecule has 2 fully saturated rings. The maximum Gasteiger partial charge on any atom is 0.111 e. The first-order valence-electron chi connectivity index (χ1n) is 5.83. The summed E-state index contributed by atoms with van der Waals surface area (Å²) in [6.07, 6.45) is 7.55. The standard InChI is InChI=1S/C11H18N2O2/c12-13-11(10-2-1-5-14-10)8-6-7-3-4-9(8)15-7/h2,7-9,11,13H,1,3-6,12H2. The summed E-state index contributed by atoms with van der Waals surface area (Å²) in [4.78, 5) is 0. The molecule has 0 aromatic rings. The fraction of sp³-hybridized carbons (Fsp3) is 0.818. The Labute approximate surface area is 89.8 Å². The maximum atomic E-state index is 5.85. The van der Waals surface area contributed by atoms with E-state index in [4.69, 9.17) is 15.3 Å². The van der Waals surface area contributed by atoms with Gasteiger partial charge in [-0.15, -0.1) is 0 Å². The van der Waals surface area contributed by atoms with Crippen LogP contribution in [0.1, 0.15) is 25.7 Å². The van der Waals surface area contributed by atoms with Crippen LogP contribution in [-0.4, -0.2) is 24.9 Å². The number of nitrogens with two attached hydrogens (primary N) is 1. The molecule has 2 bridgehead atoms. The second kappa shape index (κ2) is 3.77. The quantitative estimate of drug-likeness (QED) is 0.531. The number of hydrogen-bond donors (Lipinski definition) is 2. The molecule has 15 heavy (non-hydrogen) atoms. The number of ether oxygens (including phenoxy) is 2. The second-order valence-electron chi connectivity index (χ2n) is 4.66. The lowest BCUT2D eigenvalue weighted by atomic mass is 9.83. The Balaban J connectivity index is 1.73. The zero-order valence-corrected chi connectivity index (χ0v) is 8.82. The molecular weight excluding hydrogens is 192 g/mol. The average molecular weight is 210 g/mol. The van der Waals surface area contributed by atoms with E-state index in [-0.39, 0.29) is 6.04 Å². The third-order valence-electron chi connectivity index (χ3n) is 3.80. The van der Waals surface area contributed by atoms with E-state index in [0.29, 0.717) is 18.1 Å². The van der Waals surface area contributed by atoms with E-state index in [9.17, 15) is 0 Å². The zero-order chi connectivity index (χ0) is 10.3. The van der Waals surface area contributed by atoms with Gasteiger partial charge in [-0.2, -0.15) is 0 Å². The van der Waals surface area contributed by atoms with Crippen LogP contribution >= 0.6 is 0 Å². The normalized spacial score (nSPS) is 40.3. The van der Waals surface area contributed by atoms with Crippen molar-refractivity contribution in [3.8, 4) is 0 Å². The number of nitrogens with one attached hydrogen (secondary N) is 1. The van der Waals surface area contributed by atoms with Crippen molar-refractivity contribution in [1.29, 1.82) is 0 Å². The Morgan fingerprint density at radius 3 is 2.93 bits per heavy atom. The third-order valence-corrected chi connectivity index (χ3v) is 3.80. The molecule has 0 aliphatic carbocycles. The number of hydrogen-bond acceptors (Lipinski definition) is 4. The van der Waals surface area contributed by atoms with Gasteiger partial charge in [0.05, 0.1) is 24.9 Å². The van der Waals surface area contributed by atoms with Gasteiger partial charge < -0.3 is 9.47 Å². The highest BCUT2D eigenvalue weighted by Gasteiger charge is 2.45. The Bertz CT molecular complexity index is 280. The van der Waals surface area contributed by atoms with Crippen LogP contribution in [-0.2, 0) is 9.47 Å². The van der Waals surface area contributed by atoms with Gasteiger partial charge in [-0.3, -0.25) is 5.84 Å². The number of fused-ring (bicyclic) bond motifs is 2. The van der Waals surface area contributed by atoms with Crippen LogP contribution in [0.2, 0.25) is 0 Å². The summed E-state index contributed by atoms with van der Waals surface area (Å²) < 4.78 is 11.4. The molecule has 4 nitrogen and oxygen atoms in total. The van der Waals surface area contributed by atoms with Crippen molar-refractivity contribution in [1.82, 2.24) is 5.43 Å². The van der Waals surface area contributed by atoms with Crippen LogP contribution in [0.5, 0.6) is 0 Å². The summed E-state index contributed by atoms with van der Waals surface area (Å²) in [5.41, 5.74) is 2.90. The largest absolute Gasteiger partial charge is 0.496 e. The summed E-state index contributed by atoms with van der Waals surface area (Å²) in [7, 11) is 0. The van der Waals surface area contributed by atoms with E-state index in [0.717, 1.165) is 25.2 Å². The first-order chi connectivity index (χ1) is 7.38. The highest BCUT2D eigenvalue weighted by molar-refractivity contribution is 5.12. The molecule has 84 valence electrons. The Morgan fingerprint density at radius 1 is 1.47 bits per heavy atom. The highest BCUT2D eigenvalue weighted by atomic mass is 16.5. The van der Waals surface area contributed by atoms with Gasteiger partial charge >= 0.3 is 0 Å². The first kappa shape index (κ1) is 9.63. The predicted molar refractivity (Wildman–Crippen MR) is 55.8 cm³/mol. The van der Waals surface area contributed by atoms with E-state index in [1.165, 1.54) is 12.8 Å². The second-order valence-corrected chi connectivity index (χ2v) is 4.66. The molecule has 2 saturated heterocycles. The molecule has 3 rings (SSSR count). The van der Waals surface area contributed by atoms with E-state index in [1.807, 2.05) is 0 Å². The Morgan fingerprint density at radius 2 is 2.40 bits per heavy atom. The zero-order valence-electron chi connectivity index (χ0n) is 8.82. The van der Waals surface area contributed by atoms with Gasteiger partial charge in [0.1, 0.15) is 5.76 Å². The molecule has 3 aliphatic heterocycles. The van der Waals surface area contributed by atoms with Gasteiger partial charge in [-0.1, -0.05) is 0 Å². The van der Waals surface area contributed by atoms with E-state index in [1.54, 1.807) is 0 Å². The van der Waals surface area contributed by atoms with Crippen LogP contribution < -0.4 is 11.3 Å². The average Bonchev–Trinajstić information content (AvgIpc) is 2.94. The lowest BCUT2D eigenvalue weighted by molar-refractivity contribution is 0.0821. The summed E-state index contributed by atoms with van der Waals surface area (Å²) in [6, 6.07) is 0.155. The molecule has 0 saturated carbocycles. The molecule has 4 unspecified atom stereocenters. The fourth-order valence-corrected chi connectivity index (χ4v) is 3.10. The van der Waals surface area contributed by atoms with Crippen molar-refractivity contribution in [2.24, 2.45) is 11.8 Å². The molecule has 4 heteroatoms. The number of hydrazine groups is 1. The van der Waals surface area contributed by atoms with Crippen molar-refractivity contribution in [2.75, 3.05) is 6.61 Å². The molecule has 3 heterocycles. The van der Waals surface area contributed by atoms with Gasteiger partial charge in [0, 0.05) is 12.3 Å². The van der Waals surface area contributed by atoms with Crippen LogP contribution in [0.4, 0.5) is 0 Å². The molecule has 0 spiro atoms. The van der Waals surface area contributed by atoms with Gasteiger partial charge in [-0.05, 0) is 25.3 Å². The smallest absolute Gasteiger partial charge is 0.111 e. The van der Waals surface area contributed by atoms with Crippen molar-refractivity contribution >= 4 is 0 Å². The van der Waals surface area contributed by atoms with Crippen LogP contribution in [0, 0.1) is 5.92 Å². The third kappa shape index (κ3) is 1.57. The van der Waals surface area contributed by atoms with Crippen molar-refractivity contribution in [3.63, 3.8) is 0 Å². The first-order valence-corrected chi connectivity index (χ1v) is 5.83. The van der Waals surface area contributed by atoms with Crippen LogP contribution in [0.25, 0.3) is 0 Å². The van der Waals surface area contributed by atoms with Gasteiger partial charge in [0.15, 0.2) is 0 Å². The monoisotopic (exact) mass is 210 g/mol. The molecule has 3 aliphatic rings. The van der Waals surface area contributed by atoms with Gasteiger partial charge in [-0.25, -0.2) is 5.43 Å². The lowest BCUT2D eigenvalue weighted by Crippen LogP contribution is -2.45. The molecule has 0 aromatic carbocycles. The van der Waals surface area contributed by atoms with E-state index < -0.39 is 0 Å². The topological polar surface area (TPSA) is 56.5 Å². The SMILES string of the molecule is NNC(C1=CCCO1)C1CC2CCC1O2. The lowest BCUT2D eigenvalue weighted by Gasteiger charge is -2.28. The molecule has 0 aromatic heterocycles. The predicted octanol–water partition coefficient (Wildman–Crippen LogP) is 0.690. The Kier molecular flexibility index (Phi) is 2.42. The minimum Gasteiger partial charge on any atom is -0.496 e. The summed E-state index contributed by atoms with van der Waals surface area (Å²) in [6.45, 7) is 0.801. The van der Waals surface area contributed by atoms with Gasteiger partial charge in [0.2, 0.25) is 0 Å². The maximum absolute atomic E-state index is 5.85. The molecule has 0 amide bonds. The van der Waals surface area contributed by atoms with Gasteiger partial charge in [0.25, 0.3) is 0 Å². The molecule has 4 atom stereocenters. The molecular formula is C11H18N2O2. The fourth-order valence-electron chi connectivity index (χ4n) is 3.10. The minimum atomic E-state index is 0.155. The summed E-state index contributed by atoms with van der Waals surface area (Å²) in [5.74, 6) is 7.16. The number of rotatable bonds is 3.